The fourth-order valence-electron chi connectivity index (χ4n) is 1.49. The molecule has 1 heterocycles. The number of aromatic nitrogens is 1. The minimum atomic E-state index is 0.433. The first-order chi connectivity index (χ1) is 9.22. The van der Waals surface area contributed by atoms with Crippen LogP contribution < -0.4 is 15.2 Å². The maximum atomic E-state index is 5.81. The third-order valence-electron chi connectivity index (χ3n) is 2.40. The molecule has 0 saturated heterocycles. The molecule has 0 aliphatic rings. The molecule has 4 nitrogen and oxygen atoms in total. The number of benzene rings is 1. The summed E-state index contributed by atoms with van der Waals surface area (Å²) in [6.07, 6.45) is 2.59. The minimum absolute atomic E-state index is 0.433. The number of nitrogen functional groups attached to an aromatic ring is 1. The van der Waals surface area contributed by atoms with Gasteiger partial charge < -0.3 is 15.2 Å². The molecule has 0 atom stereocenters. The Morgan fingerprint density at radius 3 is 2.79 bits per heavy atom. The van der Waals surface area contributed by atoms with Crippen molar-refractivity contribution in [3.8, 4) is 17.4 Å². The third-order valence-corrected chi connectivity index (χ3v) is 3.25. The first kappa shape index (κ1) is 13.7. The standard InChI is InChI=1S/C14H15BrN2O2/c1-2-9-18-12-7-4-8-17-14(12)19-11-6-3-5-10(16)13(11)15/h3-8H,2,9,16H2,1H3. The highest BCUT2D eigenvalue weighted by Gasteiger charge is 2.10. The Morgan fingerprint density at radius 1 is 1.21 bits per heavy atom. The lowest BCUT2D eigenvalue weighted by Gasteiger charge is -2.12. The summed E-state index contributed by atoms with van der Waals surface area (Å²) in [5, 5.41) is 0. The number of rotatable bonds is 5. The van der Waals surface area contributed by atoms with Crippen LogP contribution in [-0.2, 0) is 0 Å². The normalized spacial score (nSPS) is 10.2. The molecule has 0 amide bonds. The summed E-state index contributed by atoms with van der Waals surface area (Å²) in [6, 6.07) is 9.08. The molecule has 0 fully saturated rings. The average molecular weight is 323 g/mol. The van der Waals surface area contributed by atoms with E-state index in [0.717, 1.165) is 6.42 Å². The Bertz CT molecular complexity index is 561. The number of anilines is 1. The molecule has 0 aliphatic carbocycles. The van der Waals surface area contributed by atoms with Gasteiger partial charge in [-0.1, -0.05) is 13.0 Å². The molecule has 0 unspecified atom stereocenters. The molecular weight excluding hydrogens is 308 g/mol. The van der Waals surface area contributed by atoms with Crippen LogP contribution in [0.25, 0.3) is 0 Å². The first-order valence-corrected chi connectivity index (χ1v) is 6.81. The fourth-order valence-corrected chi connectivity index (χ4v) is 1.83. The summed E-state index contributed by atoms with van der Waals surface area (Å²) in [5.41, 5.74) is 6.43. The summed E-state index contributed by atoms with van der Waals surface area (Å²) in [5.74, 6) is 1.67. The van der Waals surface area contributed by atoms with Crippen LogP contribution in [0.2, 0.25) is 0 Å². The van der Waals surface area contributed by atoms with Gasteiger partial charge in [-0.2, -0.15) is 0 Å². The van der Waals surface area contributed by atoms with Crippen LogP contribution >= 0.6 is 15.9 Å². The van der Waals surface area contributed by atoms with Crippen molar-refractivity contribution in [1.29, 1.82) is 0 Å². The summed E-state index contributed by atoms with van der Waals surface area (Å²) in [6.45, 7) is 2.67. The van der Waals surface area contributed by atoms with E-state index in [4.69, 9.17) is 15.2 Å². The highest BCUT2D eigenvalue weighted by molar-refractivity contribution is 9.10. The Hall–Kier alpha value is -1.75. The van der Waals surface area contributed by atoms with Gasteiger partial charge in [0.25, 0.3) is 5.88 Å². The second-order valence-corrected chi connectivity index (χ2v) is 4.71. The lowest BCUT2D eigenvalue weighted by Crippen LogP contribution is -1.99. The number of halogens is 1. The Morgan fingerprint density at radius 2 is 2.00 bits per heavy atom. The molecule has 2 rings (SSSR count). The van der Waals surface area contributed by atoms with E-state index in [2.05, 4.69) is 20.9 Å². The van der Waals surface area contributed by atoms with Crippen molar-refractivity contribution in [3.63, 3.8) is 0 Å². The van der Waals surface area contributed by atoms with Crippen LogP contribution in [0.15, 0.2) is 41.0 Å². The van der Waals surface area contributed by atoms with Gasteiger partial charge in [0, 0.05) is 11.9 Å². The van der Waals surface area contributed by atoms with Gasteiger partial charge in [0.15, 0.2) is 5.75 Å². The molecule has 100 valence electrons. The van der Waals surface area contributed by atoms with Crippen molar-refractivity contribution in [1.82, 2.24) is 4.98 Å². The van der Waals surface area contributed by atoms with Gasteiger partial charge in [-0.3, -0.25) is 0 Å². The molecule has 5 heteroatoms. The molecule has 0 bridgehead atoms. The van der Waals surface area contributed by atoms with Gasteiger partial charge in [0.2, 0.25) is 0 Å². The lowest BCUT2D eigenvalue weighted by atomic mass is 10.3. The number of ether oxygens (including phenoxy) is 2. The first-order valence-electron chi connectivity index (χ1n) is 6.02. The van der Waals surface area contributed by atoms with E-state index < -0.39 is 0 Å². The van der Waals surface area contributed by atoms with Gasteiger partial charge in [0.1, 0.15) is 5.75 Å². The monoisotopic (exact) mass is 322 g/mol. The van der Waals surface area contributed by atoms with E-state index in [1.807, 2.05) is 31.2 Å². The molecule has 1 aromatic heterocycles. The minimum Gasteiger partial charge on any atom is -0.488 e. The van der Waals surface area contributed by atoms with Crippen molar-refractivity contribution in [2.24, 2.45) is 0 Å². The quantitative estimate of drug-likeness (QED) is 0.845. The SMILES string of the molecule is CCCOc1cccnc1Oc1cccc(N)c1Br. The summed E-state index contributed by atoms with van der Waals surface area (Å²) in [4.78, 5) is 4.19. The zero-order valence-corrected chi connectivity index (χ0v) is 12.2. The van der Waals surface area contributed by atoms with Crippen molar-refractivity contribution < 1.29 is 9.47 Å². The predicted octanol–water partition coefficient (Wildman–Crippen LogP) is 4.01. The maximum Gasteiger partial charge on any atom is 0.262 e. The molecule has 2 aromatic rings. The van der Waals surface area contributed by atoms with E-state index in [-0.39, 0.29) is 0 Å². The Balaban J connectivity index is 2.25. The number of hydrogen-bond donors (Lipinski definition) is 1. The van der Waals surface area contributed by atoms with Crippen LogP contribution in [0.3, 0.4) is 0 Å². The largest absolute Gasteiger partial charge is 0.488 e. The summed E-state index contributed by atoms with van der Waals surface area (Å²) < 4.78 is 12.1. The number of hydrogen-bond acceptors (Lipinski definition) is 4. The average Bonchev–Trinajstić information content (AvgIpc) is 2.43. The topological polar surface area (TPSA) is 57.4 Å². The van der Waals surface area contributed by atoms with Crippen molar-refractivity contribution in [2.75, 3.05) is 12.3 Å². The zero-order chi connectivity index (χ0) is 13.7. The number of nitrogens with zero attached hydrogens (tertiary/aromatic N) is 1. The maximum absolute atomic E-state index is 5.81. The molecule has 0 aliphatic heterocycles. The zero-order valence-electron chi connectivity index (χ0n) is 10.6. The van der Waals surface area contributed by atoms with Crippen molar-refractivity contribution >= 4 is 21.6 Å². The molecule has 19 heavy (non-hydrogen) atoms. The molecular formula is C14H15BrN2O2. The van der Waals surface area contributed by atoms with E-state index in [9.17, 15) is 0 Å². The molecule has 0 spiro atoms. The predicted molar refractivity (Wildman–Crippen MR) is 78.7 cm³/mol. The van der Waals surface area contributed by atoms with Gasteiger partial charge in [0.05, 0.1) is 11.1 Å². The lowest BCUT2D eigenvalue weighted by molar-refractivity contribution is 0.298. The van der Waals surface area contributed by atoms with E-state index in [1.54, 1.807) is 12.3 Å². The fraction of sp³-hybridized carbons (Fsp3) is 0.214. The molecule has 2 N–H and O–H groups in total. The van der Waals surface area contributed by atoms with Crippen LogP contribution in [0.5, 0.6) is 17.4 Å². The number of nitrogens with two attached hydrogens (primary N) is 1. The van der Waals surface area contributed by atoms with Crippen LogP contribution in [0.4, 0.5) is 5.69 Å². The van der Waals surface area contributed by atoms with Gasteiger partial charge in [-0.05, 0) is 46.6 Å². The van der Waals surface area contributed by atoms with Crippen molar-refractivity contribution in [2.45, 2.75) is 13.3 Å². The summed E-state index contributed by atoms with van der Waals surface area (Å²) in [7, 11) is 0. The molecule has 0 saturated carbocycles. The van der Waals surface area contributed by atoms with E-state index >= 15 is 0 Å². The van der Waals surface area contributed by atoms with Crippen LogP contribution in [0, 0.1) is 0 Å². The summed E-state index contributed by atoms with van der Waals surface area (Å²) >= 11 is 3.40. The smallest absolute Gasteiger partial charge is 0.262 e. The Kier molecular flexibility index (Phi) is 4.63. The van der Waals surface area contributed by atoms with Crippen molar-refractivity contribution in [3.05, 3.63) is 41.0 Å². The molecule has 1 aromatic carbocycles. The highest BCUT2D eigenvalue weighted by atomic mass is 79.9. The van der Waals surface area contributed by atoms with E-state index in [1.165, 1.54) is 0 Å². The second-order valence-electron chi connectivity index (χ2n) is 3.92. The Labute approximate surface area is 120 Å². The van der Waals surface area contributed by atoms with Gasteiger partial charge in [-0.15, -0.1) is 0 Å². The van der Waals surface area contributed by atoms with Gasteiger partial charge in [-0.25, -0.2) is 4.98 Å². The number of pyridine rings is 1. The van der Waals surface area contributed by atoms with Crippen LogP contribution in [-0.4, -0.2) is 11.6 Å². The van der Waals surface area contributed by atoms with E-state index in [0.29, 0.717) is 34.1 Å². The second kappa shape index (κ2) is 6.43. The highest BCUT2D eigenvalue weighted by Crippen LogP contribution is 2.36. The van der Waals surface area contributed by atoms with Crippen LogP contribution in [0.1, 0.15) is 13.3 Å². The third kappa shape index (κ3) is 3.38. The molecule has 0 radical (unpaired) electrons. The van der Waals surface area contributed by atoms with Gasteiger partial charge >= 0.3 is 0 Å².